The molecule has 4 rings (SSSR count). The summed E-state index contributed by atoms with van der Waals surface area (Å²) in [6.07, 6.45) is 6.17. The van der Waals surface area contributed by atoms with Crippen LogP contribution >= 0.6 is 24.0 Å². The monoisotopic (exact) mass is 559 g/mol. The smallest absolute Gasteiger partial charge is 0.193 e. The van der Waals surface area contributed by atoms with Crippen molar-refractivity contribution in [3.63, 3.8) is 0 Å². The number of nitrogens with one attached hydrogen (secondary N) is 1. The molecule has 1 aliphatic rings. The summed E-state index contributed by atoms with van der Waals surface area (Å²) in [5.41, 5.74) is 3.77. The Hall–Kier alpha value is -2.55. The molecule has 1 aliphatic heterocycles. The van der Waals surface area contributed by atoms with Crippen LogP contribution in [0.4, 0.5) is 0 Å². The minimum atomic E-state index is 0. The summed E-state index contributed by atoms with van der Waals surface area (Å²) in [6.45, 7) is 6.37. The second kappa shape index (κ2) is 12.6. The van der Waals surface area contributed by atoms with Gasteiger partial charge < -0.3 is 15.0 Å². The lowest BCUT2D eigenvalue weighted by Crippen LogP contribution is -2.40. The number of halogens is 1. The molecule has 1 N–H and O–H groups in total. The molecular weight excluding hydrogens is 525 g/mol. The van der Waals surface area contributed by atoms with Crippen molar-refractivity contribution in [2.45, 2.75) is 32.3 Å². The number of ether oxygens (including phenoxy) is 1. The van der Waals surface area contributed by atoms with Crippen molar-refractivity contribution in [3.05, 3.63) is 83.7 Å². The molecule has 2 heterocycles. The number of aryl methyl sites for hydroxylation is 1. The number of hydrogen-bond donors (Lipinski definition) is 1. The maximum absolute atomic E-state index is 5.89. The van der Waals surface area contributed by atoms with Gasteiger partial charge in [-0.1, -0.05) is 42.5 Å². The summed E-state index contributed by atoms with van der Waals surface area (Å²) >= 11 is 0. The van der Waals surface area contributed by atoms with Crippen LogP contribution in [-0.4, -0.2) is 46.8 Å². The first-order valence-corrected chi connectivity index (χ1v) is 11.5. The van der Waals surface area contributed by atoms with Crippen LogP contribution in [0.15, 0.2) is 72.0 Å². The normalized spacial score (nSPS) is 15.9. The lowest BCUT2D eigenvalue weighted by atomic mass is 10.0. The molecule has 3 aromatic rings. The topological polar surface area (TPSA) is 54.7 Å². The van der Waals surface area contributed by atoms with Crippen molar-refractivity contribution < 1.29 is 4.74 Å². The molecule has 1 aromatic heterocycles. The van der Waals surface area contributed by atoms with E-state index in [2.05, 4.69) is 52.7 Å². The number of aromatic nitrogens is 2. The Labute approximate surface area is 214 Å². The first-order chi connectivity index (χ1) is 15.7. The lowest BCUT2D eigenvalue weighted by Gasteiger charge is -2.21. The molecule has 0 aliphatic carbocycles. The van der Waals surface area contributed by atoms with E-state index in [4.69, 9.17) is 9.73 Å². The average molecular weight is 559 g/mol. The van der Waals surface area contributed by atoms with Gasteiger partial charge >= 0.3 is 0 Å². The van der Waals surface area contributed by atoms with Gasteiger partial charge in [0.15, 0.2) is 5.96 Å². The minimum Gasteiger partial charge on any atom is -0.489 e. The van der Waals surface area contributed by atoms with Crippen molar-refractivity contribution >= 4 is 29.9 Å². The van der Waals surface area contributed by atoms with Gasteiger partial charge in [-0.3, -0.25) is 9.67 Å². The average Bonchev–Trinajstić information content (AvgIpc) is 3.48. The third kappa shape index (κ3) is 7.22. The Morgan fingerprint density at radius 2 is 1.91 bits per heavy atom. The van der Waals surface area contributed by atoms with Crippen LogP contribution < -0.4 is 10.1 Å². The molecule has 0 spiro atoms. The molecule has 0 bridgehead atoms. The highest BCUT2D eigenvalue weighted by Gasteiger charge is 2.26. The predicted molar refractivity (Wildman–Crippen MR) is 144 cm³/mol. The third-order valence-corrected chi connectivity index (χ3v) is 5.85. The van der Waals surface area contributed by atoms with Crippen LogP contribution in [0.1, 0.15) is 36.0 Å². The van der Waals surface area contributed by atoms with Crippen molar-refractivity contribution in [1.82, 2.24) is 20.0 Å². The van der Waals surface area contributed by atoms with Crippen LogP contribution in [-0.2, 0) is 20.1 Å². The van der Waals surface area contributed by atoms with Gasteiger partial charge in [0.25, 0.3) is 0 Å². The summed E-state index contributed by atoms with van der Waals surface area (Å²) in [5, 5.41) is 7.79. The van der Waals surface area contributed by atoms with Gasteiger partial charge in [0.2, 0.25) is 0 Å². The van der Waals surface area contributed by atoms with E-state index >= 15 is 0 Å². The zero-order valence-corrected chi connectivity index (χ0v) is 21.8. The van der Waals surface area contributed by atoms with Gasteiger partial charge in [-0.15, -0.1) is 24.0 Å². The largest absolute Gasteiger partial charge is 0.489 e. The first kappa shape index (κ1) is 25.1. The van der Waals surface area contributed by atoms with E-state index < -0.39 is 0 Å². The lowest BCUT2D eigenvalue weighted by molar-refractivity contribution is 0.306. The summed E-state index contributed by atoms with van der Waals surface area (Å²) in [5.74, 6) is 2.44. The number of hydrogen-bond acceptors (Lipinski definition) is 3. The van der Waals surface area contributed by atoms with Gasteiger partial charge in [0.05, 0.1) is 6.20 Å². The van der Waals surface area contributed by atoms with E-state index in [-0.39, 0.29) is 24.0 Å². The van der Waals surface area contributed by atoms with E-state index in [1.165, 1.54) is 16.7 Å². The van der Waals surface area contributed by atoms with Crippen molar-refractivity contribution in [1.29, 1.82) is 0 Å². The first-order valence-electron chi connectivity index (χ1n) is 11.5. The Morgan fingerprint density at radius 1 is 1.12 bits per heavy atom. The maximum Gasteiger partial charge on any atom is 0.193 e. The summed E-state index contributed by atoms with van der Waals surface area (Å²) in [6, 6.07) is 18.6. The maximum atomic E-state index is 5.89. The molecule has 176 valence electrons. The number of rotatable bonds is 8. The van der Waals surface area contributed by atoms with Crippen LogP contribution in [0.2, 0.25) is 0 Å². The standard InChI is InChI=1S/C26H33N5O.HI/c1-3-27-26(31-16-14-23(19-31)24-17-29-30(2)18-24)28-15-13-21-9-11-25(12-10-21)32-20-22-7-5-4-6-8-22;/h4-12,17-18,23H,3,13-16,19-20H2,1-2H3,(H,27,28);1H. The predicted octanol–water partition coefficient (Wildman–Crippen LogP) is 4.61. The van der Waals surface area contributed by atoms with Crippen LogP contribution in [0, 0.1) is 0 Å². The number of guanidine groups is 1. The quantitative estimate of drug-likeness (QED) is 0.249. The highest BCUT2D eigenvalue weighted by molar-refractivity contribution is 14.0. The van der Waals surface area contributed by atoms with E-state index in [1.54, 1.807) is 0 Å². The molecule has 2 aromatic carbocycles. The Bertz CT molecular complexity index is 1000. The summed E-state index contributed by atoms with van der Waals surface area (Å²) < 4.78 is 7.77. The zero-order valence-electron chi connectivity index (χ0n) is 19.5. The van der Waals surface area contributed by atoms with E-state index in [1.807, 2.05) is 48.3 Å². The fourth-order valence-electron chi connectivity index (χ4n) is 4.09. The number of nitrogens with zero attached hydrogens (tertiary/aromatic N) is 4. The molecule has 0 amide bonds. The van der Waals surface area contributed by atoms with Crippen LogP contribution in [0.3, 0.4) is 0 Å². The molecule has 0 radical (unpaired) electrons. The Balaban J connectivity index is 0.00000306. The fraction of sp³-hybridized carbons (Fsp3) is 0.385. The van der Waals surface area contributed by atoms with E-state index in [9.17, 15) is 0 Å². The SMILES string of the molecule is CCNC(=NCCc1ccc(OCc2ccccc2)cc1)N1CCC(c2cnn(C)c2)C1.I. The zero-order chi connectivity index (χ0) is 22.2. The third-order valence-electron chi connectivity index (χ3n) is 5.85. The molecular formula is C26H34IN5O. The van der Waals surface area contributed by atoms with E-state index in [0.717, 1.165) is 50.7 Å². The molecule has 0 saturated carbocycles. The molecule has 1 unspecified atom stereocenters. The van der Waals surface area contributed by atoms with Gasteiger partial charge in [-0.2, -0.15) is 5.10 Å². The number of likely N-dealkylation sites (tertiary alicyclic amines) is 1. The number of aliphatic imine (C=N–C) groups is 1. The fourth-order valence-corrected chi connectivity index (χ4v) is 4.09. The molecule has 1 fully saturated rings. The molecule has 1 saturated heterocycles. The molecule has 1 atom stereocenters. The van der Waals surface area contributed by atoms with Gasteiger partial charge in [0, 0.05) is 45.3 Å². The summed E-state index contributed by atoms with van der Waals surface area (Å²) in [7, 11) is 1.98. The molecule has 7 heteroatoms. The van der Waals surface area contributed by atoms with Crippen molar-refractivity contribution in [3.8, 4) is 5.75 Å². The molecule has 6 nitrogen and oxygen atoms in total. The minimum absolute atomic E-state index is 0. The molecule has 33 heavy (non-hydrogen) atoms. The number of benzene rings is 2. The highest BCUT2D eigenvalue weighted by Crippen LogP contribution is 2.26. The summed E-state index contributed by atoms with van der Waals surface area (Å²) in [4.78, 5) is 7.28. The van der Waals surface area contributed by atoms with Crippen LogP contribution in [0.5, 0.6) is 5.75 Å². The second-order valence-corrected chi connectivity index (χ2v) is 8.28. The van der Waals surface area contributed by atoms with Gasteiger partial charge in [-0.25, -0.2) is 0 Å². The van der Waals surface area contributed by atoms with Gasteiger partial charge in [0.1, 0.15) is 12.4 Å². The highest BCUT2D eigenvalue weighted by atomic mass is 127. The second-order valence-electron chi connectivity index (χ2n) is 8.28. The Morgan fingerprint density at radius 3 is 2.61 bits per heavy atom. The van der Waals surface area contributed by atoms with Gasteiger partial charge in [-0.05, 0) is 48.6 Å². The van der Waals surface area contributed by atoms with Crippen molar-refractivity contribution in [2.24, 2.45) is 12.0 Å². The van der Waals surface area contributed by atoms with E-state index in [0.29, 0.717) is 12.5 Å². The van der Waals surface area contributed by atoms with Crippen LogP contribution in [0.25, 0.3) is 0 Å². The Kier molecular flexibility index (Phi) is 9.60. The van der Waals surface area contributed by atoms with Crippen molar-refractivity contribution in [2.75, 3.05) is 26.2 Å².